The van der Waals surface area contributed by atoms with Gasteiger partial charge in [-0.1, -0.05) is 19.8 Å². The fraction of sp³-hybridized carbons (Fsp3) is 1.00. The molecule has 0 spiro atoms. The van der Waals surface area contributed by atoms with Crippen molar-refractivity contribution < 1.29 is 8.42 Å². The maximum absolute atomic E-state index is 11.4. The van der Waals surface area contributed by atoms with Crippen LogP contribution in [0.3, 0.4) is 0 Å². The number of nitrogens with one attached hydrogen (secondary N) is 1. The van der Waals surface area contributed by atoms with Gasteiger partial charge in [0.15, 0.2) is 9.84 Å². The van der Waals surface area contributed by atoms with Crippen LogP contribution >= 0.6 is 0 Å². The molecule has 1 fully saturated rings. The lowest BCUT2D eigenvalue weighted by Crippen LogP contribution is -2.50. The van der Waals surface area contributed by atoms with E-state index in [2.05, 4.69) is 24.3 Å². The summed E-state index contributed by atoms with van der Waals surface area (Å²) in [4.78, 5) is 2.29. The Labute approximate surface area is 106 Å². The van der Waals surface area contributed by atoms with Crippen LogP contribution in [0.5, 0.6) is 0 Å². The van der Waals surface area contributed by atoms with Crippen molar-refractivity contribution in [1.29, 1.82) is 0 Å². The maximum atomic E-state index is 11.4. The summed E-state index contributed by atoms with van der Waals surface area (Å²) >= 11 is 0. The molecule has 0 amide bonds. The fourth-order valence-corrected chi connectivity index (χ4v) is 3.25. The van der Waals surface area contributed by atoms with Gasteiger partial charge in [-0.3, -0.25) is 0 Å². The Morgan fingerprint density at radius 3 is 2.29 bits per heavy atom. The average Bonchev–Trinajstić information content (AvgIpc) is 2.74. The van der Waals surface area contributed by atoms with Gasteiger partial charge in [-0.2, -0.15) is 0 Å². The second kappa shape index (κ2) is 6.16. The Hall–Kier alpha value is -0.130. The molecule has 102 valence electrons. The molecule has 1 aliphatic rings. The van der Waals surface area contributed by atoms with Crippen molar-refractivity contribution in [2.45, 2.75) is 38.1 Å². The highest BCUT2D eigenvalue weighted by Crippen LogP contribution is 2.32. The van der Waals surface area contributed by atoms with Gasteiger partial charge in [0.25, 0.3) is 0 Å². The number of sulfone groups is 1. The molecule has 0 aliphatic heterocycles. The molecule has 1 aliphatic carbocycles. The van der Waals surface area contributed by atoms with Crippen LogP contribution in [-0.2, 0) is 9.84 Å². The van der Waals surface area contributed by atoms with Gasteiger partial charge in [0, 0.05) is 24.4 Å². The predicted molar refractivity (Wildman–Crippen MR) is 72.1 cm³/mol. The van der Waals surface area contributed by atoms with Gasteiger partial charge in [-0.25, -0.2) is 8.42 Å². The van der Waals surface area contributed by atoms with E-state index in [1.165, 1.54) is 25.7 Å². The first kappa shape index (κ1) is 14.9. The number of hydrogen-bond donors (Lipinski definition) is 1. The molecule has 1 saturated carbocycles. The van der Waals surface area contributed by atoms with Gasteiger partial charge in [0.2, 0.25) is 0 Å². The third-order valence-electron chi connectivity index (χ3n) is 3.97. The second-order valence-electron chi connectivity index (χ2n) is 5.24. The summed E-state index contributed by atoms with van der Waals surface area (Å²) in [5.74, 6) is 0.501. The van der Waals surface area contributed by atoms with Crippen LogP contribution in [-0.4, -0.2) is 57.5 Å². The van der Waals surface area contributed by atoms with Gasteiger partial charge in [-0.15, -0.1) is 0 Å². The van der Waals surface area contributed by atoms with Crippen molar-refractivity contribution in [3.63, 3.8) is 0 Å². The van der Waals surface area contributed by atoms with Crippen molar-refractivity contribution in [3.8, 4) is 0 Å². The Balaban J connectivity index is 2.34. The zero-order chi connectivity index (χ0) is 12.9. The monoisotopic (exact) mass is 262 g/mol. The topological polar surface area (TPSA) is 49.4 Å². The quantitative estimate of drug-likeness (QED) is 0.692. The van der Waals surface area contributed by atoms with Crippen LogP contribution in [0.15, 0.2) is 0 Å². The van der Waals surface area contributed by atoms with Crippen LogP contribution in [0.4, 0.5) is 0 Å². The van der Waals surface area contributed by atoms with E-state index < -0.39 is 9.84 Å². The minimum Gasteiger partial charge on any atom is -0.314 e. The lowest BCUT2D eigenvalue weighted by atomic mass is 9.96. The normalized spacial score (nSPS) is 20.0. The molecule has 0 bridgehead atoms. The van der Waals surface area contributed by atoms with E-state index in [1.807, 2.05) is 0 Å². The molecule has 4 nitrogen and oxygen atoms in total. The Kier molecular flexibility index (Phi) is 5.41. The van der Waals surface area contributed by atoms with Gasteiger partial charge >= 0.3 is 0 Å². The lowest BCUT2D eigenvalue weighted by Gasteiger charge is -2.36. The number of hydrogen-bond acceptors (Lipinski definition) is 4. The largest absolute Gasteiger partial charge is 0.314 e. The maximum Gasteiger partial charge on any atom is 0.151 e. The summed E-state index contributed by atoms with van der Waals surface area (Å²) in [6.45, 7) is 3.18. The van der Waals surface area contributed by atoms with Crippen molar-refractivity contribution in [2.24, 2.45) is 0 Å². The van der Waals surface area contributed by atoms with Crippen molar-refractivity contribution in [1.82, 2.24) is 10.2 Å². The summed E-state index contributed by atoms with van der Waals surface area (Å²) in [5.41, 5.74) is 0.246. The smallest absolute Gasteiger partial charge is 0.151 e. The highest BCUT2D eigenvalue weighted by Gasteiger charge is 2.35. The Morgan fingerprint density at radius 2 is 1.82 bits per heavy atom. The number of nitrogens with zero attached hydrogens (tertiary/aromatic N) is 1. The Bertz CT molecular complexity index is 319. The summed E-state index contributed by atoms with van der Waals surface area (Å²) in [7, 11) is 1.41. The molecule has 0 atom stereocenters. The molecular formula is C12H26N2O2S. The van der Waals surface area contributed by atoms with Gasteiger partial charge < -0.3 is 10.2 Å². The second-order valence-corrected chi connectivity index (χ2v) is 7.71. The van der Waals surface area contributed by atoms with Crippen LogP contribution in [0, 0.1) is 0 Å². The molecule has 1 rings (SSSR count). The number of likely N-dealkylation sites (N-methyl/N-ethyl adjacent to an activating group) is 1. The first-order valence-electron chi connectivity index (χ1n) is 6.50. The highest BCUT2D eigenvalue weighted by atomic mass is 32.2. The van der Waals surface area contributed by atoms with Crippen molar-refractivity contribution in [3.05, 3.63) is 0 Å². The summed E-state index contributed by atoms with van der Waals surface area (Å²) in [6, 6.07) is 0. The fourth-order valence-electron chi connectivity index (χ4n) is 2.51. The van der Waals surface area contributed by atoms with E-state index in [4.69, 9.17) is 0 Å². The van der Waals surface area contributed by atoms with Crippen molar-refractivity contribution in [2.75, 3.05) is 38.7 Å². The van der Waals surface area contributed by atoms with Crippen LogP contribution in [0.1, 0.15) is 32.6 Å². The molecule has 1 N–H and O–H groups in total. The predicted octanol–water partition coefficient (Wildman–Crippen LogP) is 0.885. The van der Waals surface area contributed by atoms with E-state index in [0.717, 1.165) is 6.54 Å². The average molecular weight is 262 g/mol. The Morgan fingerprint density at radius 1 is 1.24 bits per heavy atom. The zero-order valence-corrected chi connectivity index (χ0v) is 12.1. The molecule has 5 heteroatoms. The zero-order valence-electron chi connectivity index (χ0n) is 11.3. The van der Waals surface area contributed by atoms with Crippen LogP contribution in [0.2, 0.25) is 0 Å². The molecule has 0 heterocycles. The summed E-state index contributed by atoms with van der Waals surface area (Å²) < 4.78 is 22.7. The molecular weight excluding hydrogens is 236 g/mol. The standard InChI is InChI=1S/C12H26N2O2S/c1-4-17(15,16)10-9-13-11-12(14(2)3)7-5-6-8-12/h13H,4-11H2,1-3H3. The minimum absolute atomic E-state index is 0.244. The molecule has 0 aromatic carbocycles. The van der Waals surface area contributed by atoms with Gasteiger partial charge in [0.1, 0.15) is 0 Å². The van der Waals surface area contributed by atoms with Gasteiger partial charge in [-0.05, 0) is 26.9 Å². The minimum atomic E-state index is -2.83. The molecule has 17 heavy (non-hydrogen) atoms. The van der Waals surface area contributed by atoms with E-state index in [-0.39, 0.29) is 17.0 Å². The molecule has 0 radical (unpaired) electrons. The third kappa shape index (κ3) is 4.23. The van der Waals surface area contributed by atoms with E-state index in [9.17, 15) is 8.42 Å². The molecule has 0 saturated heterocycles. The molecule has 0 aromatic rings. The lowest BCUT2D eigenvalue weighted by molar-refractivity contribution is 0.155. The SMILES string of the molecule is CCS(=O)(=O)CCNCC1(N(C)C)CCCC1. The number of rotatable bonds is 7. The van der Waals surface area contributed by atoms with E-state index in [1.54, 1.807) is 6.92 Å². The first-order chi connectivity index (χ1) is 7.92. The summed E-state index contributed by atoms with van der Waals surface area (Å²) in [6.07, 6.45) is 5.00. The first-order valence-corrected chi connectivity index (χ1v) is 8.32. The molecule has 0 unspecified atom stereocenters. The summed E-state index contributed by atoms with van der Waals surface area (Å²) in [5, 5.41) is 3.32. The molecule has 0 aromatic heterocycles. The van der Waals surface area contributed by atoms with Crippen molar-refractivity contribution >= 4 is 9.84 Å². The van der Waals surface area contributed by atoms with E-state index >= 15 is 0 Å². The van der Waals surface area contributed by atoms with Crippen LogP contribution < -0.4 is 5.32 Å². The highest BCUT2D eigenvalue weighted by molar-refractivity contribution is 7.91. The van der Waals surface area contributed by atoms with E-state index in [0.29, 0.717) is 6.54 Å². The van der Waals surface area contributed by atoms with Gasteiger partial charge in [0.05, 0.1) is 5.75 Å². The van der Waals surface area contributed by atoms with Crippen LogP contribution in [0.25, 0.3) is 0 Å². The third-order valence-corrected chi connectivity index (χ3v) is 5.67.